The van der Waals surface area contributed by atoms with Crippen molar-refractivity contribution in [2.24, 2.45) is 0 Å². The molecule has 4 rings (SSSR count). The van der Waals surface area contributed by atoms with E-state index in [0.717, 1.165) is 42.7 Å². The second-order valence-electron chi connectivity index (χ2n) is 6.88. The standard InChI is InChI=1S/C22H24FN3/c23-18-7-5-6-17(16-18)12-15-25-13-3-4-14-26(25)22-11-10-21(24)19-8-1-2-9-20(19)22/h1-2,5-11,16H,3-4,12-15,24H2. The van der Waals surface area contributed by atoms with Gasteiger partial charge in [-0.25, -0.2) is 9.40 Å². The van der Waals surface area contributed by atoms with Gasteiger partial charge in [0.1, 0.15) is 5.82 Å². The van der Waals surface area contributed by atoms with Crippen molar-refractivity contribution in [3.05, 3.63) is 72.0 Å². The summed E-state index contributed by atoms with van der Waals surface area (Å²) >= 11 is 0. The molecule has 3 nitrogen and oxygen atoms in total. The highest BCUT2D eigenvalue weighted by molar-refractivity contribution is 6.01. The fourth-order valence-corrected chi connectivity index (χ4v) is 3.81. The van der Waals surface area contributed by atoms with Gasteiger partial charge >= 0.3 is 0 Å². The van der Waals surface area contributed by atoms with Crippen LogP contribution in [-0.2, 0) is 6.42 Å². The van der Waals surface area contributed by atoms with Crippen LogP contribution in [0.1, 0.15) is 18.4 Å². The lowest BCUT2D eigenvalue weighted by molar-refractivity contribution is 0.215. The smallest absolute Gasteiger partial charge is 0.123 e. The first-order valence-electron chi connectivity index (χ1n) is 9.26. The molecule has 0 amide bonds. The Morgan fingerprint density at radius 3 is 2.54 bits per heavy atom. The van der Waals surface area contributed by atoms with E-state index in [2.05, 4.69) is 34.3 Å². The number of hydrazine groups is 1. The average Bonchev–Trinajstić information content (AvgIpc) is 2.67. The predicted octanol–water partition coefficient (Wildman–Crippen LogP) is 4.62. The lowest BCUT2D eigenvalue weighted by atomic mass is 10.1. The first-order chi connectivity index (χ1) is 12.7. The second kappa shape index (κ2) is 7.34. The molecule has 134 valence electrons. The fraction of sp³-hybridized carbons (Fsp3) is 0.273. The maximum atomic E-state index is 13.5. The van der Waals surface area contributed by atoms with E-state index >= 15 is 0 Å². The van der Waals surface area contributed by atoms with Gasteiger partial charge < -0.3 is 10.7 Å². The monoisotopic (exact) mass is 349 g/mol. The molecule has 0 saturated carbocycles. The van der Waals surface area contributed by atoms with Gasteiger partial charge in [-0.05, 0) is 49.1 Å². The Labute approximate surface area is 153 Å². The van der Waals surface area contributed by atoms with E-state index in [0.29, 0.717) is 0 Å². The summed E-state index contributed by atoms with van der Waals surface area (Å²) < 4.78 is 13.5. The summed E-state index contributed by atoms with van der Waals surface area (Å²) in [6, 6.07) is 19.3. The van der Waals surface area contributed by atoms with E-state index in [-0.39, 0.29) is 5.82 Å². The number of hydrogen-bond donors (Lipinski definition) is 1. The van der Waals surface area contributed by atoms with Crippen LogP contribution in [0.4, 0.5) is 15.8 Å². The third-order valence-corrected chi connectivity index (χ3v) is 5.14. The number of benzene rings is 3. The van der Waals surface area contributed by atoms with Gasteiger partial charge in [-0.15, -0.1) is 0 Å². The normalized spacial score (nSPS) is 15.5. The number of nitrogens with zero attached hydrogens (tertiary/aromatic N) is 2. The van der Waals surface area contributed by atoms with Gasteiger partial charge in [0, 0.05) is 36.1 Å². The minimum atomic E-state index is -0.164. The second-order valence-corrected chi connectivity index (χ2v) is 6.88. The van der Waals surface area contributed by atoms with Crippen LogP contribution < -0.4 is 10.7 Å². The number of nitrogen functional groups attached to an aromatic ring is 1. The maximum absolute atomic E-state index is 13.5. The minimum Gasteiger partial charge on any atom is -0.398 e. The van der Waals surface area contributed by atoms with Crippen LogP contribution in [0.15, 0.2) is 60.7 Å². The lowest BCUT2D eigenvalue weighted by Crippen LogP contribution is -2.48. The highest BCUT2D eigenvalue weighted by atomic mass is 19.1. The van der Waals surface area contributed by atoms with Crippen LogP contribution >= 0.6 is 0 Å². The first kappa shape index (κ1) is 16.9. The zero-order chi connectivity index (χ0) is 17.9. The molecule has 0 atom stereocenters. The topological polar surface area (TPSA) is 32.5 Å². The van der Waals surface area contributed by atoms with Crippen molar-refractivity contribution in [2.75, 3.05) is 30.4 Å². The molecule has 3 aromatic carbocycles. The molecule has 0 bridgehead atoms. The number of fused-ring (bicyclic) bond motifs is 1. The summed E-state index contributed by atoms with van der Waals surface area (Å²) in [5.74, 6) is -0.164. The predicted molar refractivity (Wildman–Crippen MR) is 107 cm³/mol. The van der Waals surface area contributed by atoms with E-state index in [1.54, 1.807) is 12.1 Å². The molecule has 1 aliphatic rings. The Kier molecular flexibility index (Phi) is 4.76. The molecule has 0 aliphatic carbocycles. The van der Waals surface area contributed by atoms with Crippen molar-refractivity contribution < 1.29 is 4.39 Å². The van der Waals surface area contributed by atoms with Gasteiger partial charge in [0.2, 0.25) is 0 Å². The molecule has 0 radical (unpaired) electrons. The summed E-state index contributed by atoms with van der Waals surface area (Å²) in [6.07, 6.45) is 3.20. The lowest BCUT2D eigenvalue weighted by Gasteiger charge is -2.41. The largest absolute Gasteiger partial charge is 0.398 e. The molecule has 1 saturated heterocycles. The molecule has 0 aromatic heterocycles. The molecule has 1 heterocycles. The fourth-order valence-electron chi connectivity index (χ4n) is 3.81. The van der Waals surface area contributed by atoms with E-state index in [1.165, 1.54) is 30.0 Å². The van der Waals surface area contributed by atoms with Crippen molar-refractivity contribution >= 4 is 22.1 Å². The number of nitrogens with two attached hydrogens (primary N) is 1. The molecule has 26 heavy (non-hydrogen) atoms. The van der Waals surface area contributed by atoms with Crippen LogP contribution in [0.2, 0.25) is 0 Å². The third-order valence-electron chi connectivity index (χ3n) is 5.14. The Hall–Kier alpha value is -2.59. The van der Waals surface area contributed by atoms with Crippen molar-refractivity contribution in [1.82, 2.24) is 5.01 Å². The van der Waals surface area contributed by atoms with Crippen molar-refractivity contribution in [3.63, 3.8) is 0 Å². The van der Waals surface area contributed by atoms with Crippen molar-refractivity contribution in [1.29, 1.82) is 0 Å². The minimum absolute atomic E-state index is 0.164. The zero-order valence-corrected chi connectivity index (χ0v) is 14.9. The summed E-state index contributed by atoms with van der Waals surface area (Å²) in [7, 11) is 0. The molecule has 1 fully saturated rings. The van der Waals surface area contributed by atoms with E-state index in [9.17, 15) is 4.39 Å². The highest BCUT2D eigenvalue weighted by Gasteiger charge is 2.22. The SMILES string of the molecule is Nc1ccc(N2CCCCN2CCc2cccc(F)c2)c2ccccc12. The van der Waals surface area contributed by atoms with Crippen LogP contribution in [0.3, 0.4) is 0 Å². The molecule has 1 aliphatic heterocycles. The summed E-state index contributed by atoms with van der Waals surface area (Å²) in [6.45, 7) is 2.90. The van der Waals surface area contributed by atoms with Crippen LogP contribution in [0.5, 0.6) is 0 Å². The Balaban J connectivity index is 1.61. The van der Waals surface area contributed by atoms with E-state index in [1.807, 2.05) is 18.2 Å². The molecule has 2 N–H and O–H groups in total. The number of halogens is 1. The molecule has 0 spiro atoms. The molecular formula is C22H24FN3. The van der Waals surface area contributed by atoms with Crippen LogP contribution in [-0.4, -0.2) is 24.6 Å². The Morgan fingerprint density at radius 2 is 1.69 bits per heavy atom. The quantitative estimate of drug-likeness (QED) is 0.698. The van der Waals surface area contributed by atoms with Gasteiger partial charge in [0.25, 0.3) is 0 Å². The summed E-state index contributed by atoms with van der Waals surface area (Å²) in [5, 5.41) is 7.06. The van der Waals surface area contributed by atoms with Crippen molar-refractivity contribution in [3.8, 4) is 0 Å². The third kappa shape index (κ3) is 3.37. The molecule has 4 heteroatoms. The number of hydrogen-bond acceptors (Lipinski definition) is 3. The number of rotatable bonds is 4. The van der Waals surface area contributed by atoms with E-state index < -0.39 is 0 Å². The van der Waals surface area contributed by atoms with Gasteiger partial charge in [-0.2, -0.15) is 0 Å². The van der Waals surface area contributed by atoms with Gasteiger partial charge in [0.15, 0.2) is 0 Å². The maximum Gasteiger partial charge on any atom is 0.123 e. The van der Waals surface area contributed by atoms with Crippen molar-refractivity contribution in [2.45, 2.75) is 19.3 Å². The van der Waals surface area contributed by atoms with Gasteiger partial charge in [-0.1, -0.05) is 36.4 Å². The Morgan fingerprint density at radius 1 is 0.885 bits per heavy atom. The van der Waals surface area contributed by atoms with E-state index in [4.69, 9.17) is 5.73 Å². The average molecular weight is 349 g/mol. The van der Waals surface area contributed by atoms with Gasteiger partial charge in [-0.3, -0.25) is 0 Å². The highest BCUT2D eigenvalue weighted by Crippen LogP contribution is 2.33. The molecule has 3 aromatic rings. The van der Waals surface area contributed by atoms with Gasteiger partial charge in [0.05, 0.1) is 5.69 Å². The zero-order valence-electron chi connectivity index (χ0n) is 14.9. The molecular weight excluding hydrogens is 325 g/mol. The number of anilines is 2. The summed E-state index contributed by atoms with van der Waals surface area (Å²) in [5.41, 5.74) is 9.23. The van der Waals surface area contributed by atoms with Crippen LogP contribution in [0.25, 0.3) is 10.8 Å². The first-order valence-corrected chi connectivity index (χ1v) is 9.26. The van der Waals surface area contributed by atoms with Crippen LogP contribution in [0, 0.1) is 5.82 Å². The Bertz CT molecular complexity index is 909. The summed E-state index contributed by atoms with van der Waals surface area (Å²) in [4.78, 5) is 0. The molecule has 0 unspecified atom stereocenters.